The molecule has 4 heteroatoms. The van der Waals surface area contributed by atoms with E-state index in [0.717, 1.165) is 37.4 Å². The number of ether oxygens (including phenoxy) is 3. The lowest BCUT2D eigenvalue weighted by molar-refractivity contribution is -0.0670. The van der Waals surface area contributed by atoms with Crippen molar-refractivity contribution in [1.82, 2.24) is 0 Å². The van der Waals surface area contributed by atoms with E-state index >= 15 is 0 Å². The smallest absolute Gasteiger partial charge is 0.124 e. The molecule has 0 aromatic heterocycles. The third-order valence-corrected chi connectivity index (χ3v) is 3.22. The summed E-state index contributed by atoms with van der Waals surface area (Å²) in [7, 11) is 1.67. The second-order valence-electron chi connectivity index (χ2n) is 4.41. The summed E-state index contributed by atoms with van der Waals surface area (Å²) in [5, 5.41) is 0. The largest absolute Gasteiger partial charge is 0.496 e. The molecule has 0 aliphatic carbocycles. The summed E-state index contributed by atoms with van der Waals surface area (Å²) in [5.74, 6) is 0.833. The van der Waals surface area contributed by atoms with E-state index in [1.165, 1.54) is 0 Å². The highest BCUT2D eigenvalue weighted by Crippen LogP contribution is 2.29. The minimum atomic E-state index is -0.107. The van der Waals surface area contributed by atoms with Crippen LogP contribution >= 0.6 is 0 Å². The van der Waals surface area contributed by atoms with Gasteiger partial charge in [-0.1, -0.05) is 18.2 Å². The third-order valence-electron chi connectivity index (χ3n) is 3.22. The summed E-state index contributed by atoms with van der Waals surface area (Å²) >= 11 is 0. The Morgan fingerprint density at radius 2 is 2.06 bits per heavy atom. The molecule has 1 fully saturated rings. The number of methoxy groups -OCH3 is 1. The Bertz CT molecular complexity index is 364. The molecule has 0 bridgehead atoms. The molecular formula is C14H21NO3. The van der Waals surface area contributed by atoms with Crippen LogP contribution in [0, 0.1) is 0 Å². The van der Waals surface area contributed by atoms with Crippen molar-refractivity contribution in [2.24, 2.45) is 5.73 Å². The lowest BCUT2D eigenvalue weighted by atomic mass is 10.1. The fourth-order valence-electron chi connectivity index (χ4n) is 2.23. The van der Waals surface area contributed by atoms with Crippen LogP contribution in [0.1, 0.15) is 24.5 Å². The quantitative estimate of drug-likeness (QED) is 0.868. The summed E-state index contributed by atoms with van der Waals surface area (Å²) in [6.07, 6.45) is 2.00. The summed E-state index contributed by atoms with van der Waals surface area (Å²) in [6.45, 7) is 2.00. The normalized spacial score (nSPS) is 18.6. The molecule has 4 nitrogen and oxygen atoms in total. The molecule has 0 saturated carbocycles. The maximum atomic E-state index is 6.08. The highest BCUT2D eigenvalue weighted by Gasteiger charge is 2.21. The van der Waals surface area contributed by atoms with Crippen LogP contribution in [-0.4, -0.2) is 33.0 Å². The predicted molar refractivity (Wildman–Crippen MR) is 69.7 cm³/mol. The average Bonchev–Trinajstić information content (AvgIpc) is 2.46. The third kappa shape index (κ3) is 3.22. The Morgan fingerprint density at radius 3 is 2.72 bits per heavy atom. The Hall–Kier alpha value is -1.10. The fraction of sp³-hybridized carbons (Fsp3) is 0.571. The van der Waals surface area contributed by atoms with Crippen LogP contribution in [0.5, 0.6) is 5.75 Å². The van der Waals surface area contributed by atoms with Gasteiger partial charge in [-0.15, -0.1) is 0 Å². The number of benzene rings is 1. The van der Waals surface area contributed by atoms with Crippen LogP contribution in [0.15, 0.2) is 24.3 Å². The van der Waals surface area contributed by atoms with E-state index in [-0.39, 0.29) is 12.2 Å². The number of para-hydroxylation sites is 1. The molecule has 18 heavy (non-hydrogen) atoms. The van der Waals surface area contributed by atoms with Gasteiger partial charge in [0, 0.05) is 25.3 Å². The predicted octanol–water partition coefficient (Wildman–Crippen LogP) is 1.89. The first-order chi connectivity index (χ1) is 8.85. The zero-order valence-corrected chi connectivity index (χ0v) is 10.8. The van der Waals surface area contributed by atoms with Crippen LogP contribution in [0.2, 0.25) is 0 Å². The zero-order valence-electron chi connectivity index (χ0n) is 10.8. The first-order valence-electron chi connectivity index (χ1n) is 6.41. The van der Waals surface area contributed by atoms with E-state index < -0.39 is 0 Å². The molecule has 2 N–H and O–H groups in total. The minimum absolute atomic E-state index is 0.107. The monoisotopic (exact) mass is 251 g/mol. The second kappa shape index (κ2) is 6.73. The van der Waals surface area contributed by atoms with Crippen molar-refractivity contribution >= 4 is 0 Å². The highest BCUT2D eigenvalue weighted by atomic mass is 16.5. The summed E-state index contributed by atoms with van der Waals surface area (Å²) in [4.78, 5) is 0. The maximum Gasteiger partial charge on any atom is 0.124 e. The maximum absolute atomic E-state index is 6.08. The number of hydrogen-bond acceptors (Lipinski definition) is 4. The Kier molecular flexibility index (Phi) is 4.99. The highest BCUT2D eigenvalue weighted by molar-refractivity contribution is 5.35. The summed E-state index contributed by atoms with van der Waals surface area (Å²) in [6, 6.07) is 7.87. The molecule has 1 aliphatic heterocycles. The SMILES string of the molecule is COc1ccccc1C(CN)OC1CCOCC1. The zero-order chi connectivity index (χ0) is 12.8. The van der Waals surface area contributed by atoms with Crippen LogP contribution < -0.4 is 10.5 Å². The van der Waals surface area contributed by atoms with E-state index in [1.807, 2.05) is 24.3 Å². The van der Waals surface area contributed by atoms with Crippen LogP contribution in [0.25, 0.3) is 0 Å². The van der Waals surface area contributed by atoms with Gasteiger partial charge >= 0.3 is 0 Å². The fourth-order valence-corrected chi connectivity index (χ4v) is 2.23. The molecule has 1 atom stereocenters. The van der Waals surface area contributed by atoms with Crippen molar-refractivity contribution in [1.29, 1.82) is 0 Å². The van der Waals surface area contributed by atoms with E-state index in [2.05, 4.69) is 0 Å². The van der Waals surface area contributed by atoms with Gasteiger partial charge in [-0.2, -0.15) is 0 Å². The van der Waals surface area contributed by atoms with Crippen molar-refractivity contribution in [2.75, 3.05) is 26.9 Å². The number of nitrogens with two attached hydrogens (primary N) is 1. The molecule has 0 spiro atoms. The Balaban J connectivity index is 2.07. The topological polar surface area (TPSA) is 53.7 Å². The molecule has 1 aromatic rings. The molecule has 1 aromatic carbocycles. The number of rotatable bonds is 5. The van der Waals surface area contributed by atoms with Gasteiger partial charge in [-0.05, 0) is 18.9 Å². The molecule has 0 radical (unpaired) electrons. The molecule has 0 amide bonds. The molecule has 1 heterocycles. The van der Waals surface area contributed by atoms with Crippen molar-refractivity contribution in [3.63, 3.8) is 0 Å². The summed E-state index contributed by atoms with van der Waals surface area (Å²) in [5.41, 5.74) is 6.86. The Morgan fingerprint density at radius 1 is 1.33 bits per heavy atom. The van der Waals surface area contributed by atoms with Gasteiger partial charge in [0.2, 0.25) is 0 Å². The van der Waals surface area contributed by atoms with Crippen molar-refractivity contribution in [2.45, 2.75) is 25.0 Å². The molecule has 100 valence electrons. The lowest BCUT2D eigenvalue weighted by Gasteiger charge is -2.28. The van der Waals surface area contributed by atoms with Gasteiger partial charge < -0.3 is 19.9 Å². The first-order valence-corrected chi connectivity index (χ1v) is 6.41. The molecule has 1 saturated heterocycles. The van der Waals surface area contributed by atoms with E-state index in [1.54, 1.807) is 7.11 Å². The van der Waals surface area contributed by atoms with Gasteiger partial charge in [0.05, 0.1) is 19.3 Å². The lowest BCUT2D eigenvalue weighted by Crippen LogP contribution is -2.28. The van der Waals surface area contributed by atoms with E-state index in [0.29, 0.717) is 6.54 Å². The van der Waals surface area contributed by atoms with Gasteiger partial charge in [0.15, 0.2) is 0 Å². The minimum Gasteiger partial charge on any atom is -0.496 e. The van der Waals surface area contributed by atoms with Crippen LogP contribution in [0.4, 0.5) is 0 Å². The van der Waals surface area contributed by atoms with Gasteiger partial charge in [-0.25, -0.2) is 0 Å². The van der Waals surface area contributed by atoms with Crippen molar-refractivity contribution in [3.05, 3.63) is 29.8 Å². The number of hydrogen-bond donors (Lipinski definition) is 1. The van der Waals surface area contributed by atoms with Gasteiger partial charge in [-0.3, -0.25) is 0 Å². The first kappa shape index (κ1) is 13.3. The van der Waals surface area contributed by atoms with Crippen LogP contribution in [-0.2, 0) is 9.47 Å². The molecule has 2 rings (SSSR count). The van der Waals surface area contributed by atoms with Crippen molar-refractivity contribution in [3.8, 4) is 5.75 Å². The summed E-state index contributed by atoms with van der Waals surface area (Å²) < 4.78 is 16.8. The van der Waals surface area contributed by atoms with Gasteiger partial charge in [0.25, 0.3) is 0 Å². The van der Waals surface area contributed by atoms with E-state index in [4.69, 9.17) is 19.9 Å². The van der Waals surface area contributed by atoms with Crippen molar-refractivity contribution < 1.29 is 14.2 Å². The molecule has 1 aliphatic rings. The second-order valence-corrected chi connectivity index (χ2v) is 4.41. The molecule has 1 unspecified atom stereocenters. The standard InChI is InChI=1S/C14H21NO3/c1-16-13-5-3-2-4-12(13)14(10-15)18-11-6-8-17-9-7-11/h2-5,11,14H,6-10,15H2,1H3. The van der Waals surface area contributed by atoms with Gasteiger partial charge in [0.1, 0.15) is 5.75 Å². The van der Waals surface area contributed by atoms with E-state index in [9.17, 15) is 0 Å². The van der Waals surface area contributed by atoms with Crippen LogP contribution in [0.3, 0.4) is 0 Å². The average molecular weight is 251 g/mol. The Labute approximate surface area is 108 Å². The molecular weight excluding hydrogens is 230 g/mol.